The topological polar surface area (TPSA) is 73.6 Å². The molecule has 0 aliphatic carbocycles. The minimum absolute atomic E-state index is 0.00176. The molecular weight excluding hydrogens is 503 g/mol. The first kappa shape index (κ1) is 24.3. The molecule has 0 saturated carbocycles. The summed E-state index contributed by atoms with van der Waals surface area (Å²) in [4.78, 5) is 22.0. The highest BCUT2D eigenvalue weighted by atomic mass is 35.5. The molecule has 37 heavy (non-hydrogen) atoms. The van der Waals surface area contributed by atoms with Gasteiger partial charge in [0.05, 0.1) is 22.7 Å². The van der Waals surface area contributed by atoms with Gasteiger partial charge in [-0.05, 0) is 54.1 Å². The maximum Gasteiger partial charge on any atom is 0.416 e. The Morgan fingerprint density at radius 1 is 0.892 bits per heavy atom. The Kier molecular flexibility index (Phi) is 6.54. The molecule has 0 amide bonds. The van der Waals surface area contributed by atoms with Crippen LogP contribution >= 0.6 is 11.6 Å². The van der Waals surface area contributed by atoms with E-state index >= 15 is 0 Å². The van der Waals surface area contributed by atoms with Crippen LogP contribution < -0.4 is 0 Å². The lowest BCUT2D eigenvalue weighted by molar-refractivity contribution is -0.137. The fourth-order valence-electron chi connectivity index (χ4n) is 3.96. The second-order valence-electron chi connectivity index (χ2n) is 8.09. The number of carbonyl (C=O) groups excluding carboxylic acids is 1. The molecule has 0 N–H and O–H groups in total. The Balaban J connectivity index is 1.64. The molecule has 0 atom stereocenters. The zero-order valence-corrected chi connectivity index (χ0v) is 19.8. The van der Waals surface area contributed by atoms with E-state index in [-0.39, 0.29) is 29.3 Å². The van der Waals surface area contributed by atoms with E-state index in [9.17, 15) is 18.0 Å². The normalized spacial score (nSPS) is 11.5. The Morgan fingerprint density at radius 2 is 1.68 bits per heavy atom. The zero-order chi connectivity index (χ0) is 26.0. The first-order chi connectivity index (χ1) is 17.8. The van der Waals surface area contributed by atoms with Gasteiger partial charge in [0.2, 0.25) is 0 Å². The fraction of sp³-hybridized carbons (Fsp3) is 0.0741. The molecule has 0 fully saturated rings. The van der Waals surface area contributed by atoms with Crippen molar-refractivity contribution in [3.8, 4) is 22.6 Å². The minimum Gasteiger partial charge on any atom is -0.288 e. The first-order valence-electron chi connectivity index (χ1n) is 11.1. The summed E-state index contributed by atoms with van der Waals surface area (Å²) in [6.07, 6.45) is 0.232. The van der Waals surface area contributed by atoms with Crippen LogP contribution in [0.3, 0.4) is 0 Å². The molecule has 6 nitrogen and oxygen atoms in total. The number of nitrogens with zero attached hydrogens (tertiary/aromatic N) is 5. The Morgan fingerprint density at radius 3 is 2.43 bits per heavy atom. The second kappa shape index (κ2) is 9.94. The third-order valence-electron chi connectivity index (χ3n) is 5.65. The SMILES string of the molecule is O=C(c1ccccc1Cl)c1cccnc1-c1nnn(Cc2cccc(C(F)(F)F)c2)c1-c1cccnc1. The Bertz CT molecular complexity index is 1580. The third kappa shape index (κ3) is 4.99. The van der Waals surface area contributed by atoms with Crippen LogP contribution in [0.15, 0.2) is 91.4 Å². The number of hydrogen-bond donors (Lipinski definition) is 0. The van der Waals surface area contributed by atoms with Crippen LogP contribution in [0.25, 0.3) is 22.6 Å². The molecular formula is C27H17ClF3N5O. The maximum atomic E-state index is 13.4. The summed E-state index contributed by atoms with van der Waals surface area (Å²) in [7, 11) is 0. The van der Waals surface area contributed by atoms with Crippen LogP contribution in [-0.4, -0.2) is 30.7 Å². The lowest BCUT2D eigenvalue weighted by Gasteiger charge is -2.12. The quantitative estimate of drug-likeness (QED) is 0.244. The van der Waals surface area contributed by atoms with Crippen molar-refractivity contribution in [2.45, 2.75) is 12.7 Å². The Labute approximate surface area is 214 Å². The number of halogens is 4. The molecule has 0 saturated heterocycles. The van der Waals surface area contributed by atoms with Gasteiger partial charge in [0.15, 0.2) is 5.78 Å². The lowest BCUT2D eigenvalue weighted by Crippen LogP contribution is -2.09. The average Bonchev–Trinajstić information content (AvgIpc) is 3.32. The van der Waals surface area contributed by atoms with E-state index in [1.54, 1.807) is 67.0 Å². The standard InChI is InChI=1S/C27H17ClF3N5O/c28-22-11-2-1-9-20(22)26(37)21-10-5-13-33-23(21)24-25(18-7-4-12-32-15-18)36(35-34-24)16-17-6-3-8-19(14-17)27(29,30)31/h1-15H,16H2. The molecule has 0 aliphatic heterocycles. The Hall–Kier alpha value is -4.37. The number of rotatable bonds is 6. The van der Waals surface area contributed by atoms with E-state index < -0.39 is 11.7 Å². The van der Waals surface area contributed by atoms with E-state index in [1.165, 1.54) is 16.9 Å². The summed E-state index contributed by atoms with van der Waals surface area (Å²) in [5.41, 5.74) is 1.80. The summed E-state index contributed by atoms with van der Waals surface area (Å²) in [5, 5.41) is 8.83. The van der Waals surface area contributed by atoms with E-state index in [1.807, 2.05) is 0 Å². The van der Waals surface area contributed by atoms with Crippen LogP contribution in [0.5, 0.6) is 0 Å². The highest BCUT2D eigenvalue weighted by Gasteiger charge is 2.30. The lowest BCUT2D eigenvalue weighted by atomic mass is 9.98. The van der Waals surface area contributed by atoms with Crippen LogP contribution in [0.4, 0.5) is 13.2 Å². The van der Waals surface area contributed by atoms with Crippen LogP contribution in [0, 0.1) is 0 Å². The number of carbonyl (C=O) groups is 1. The van der Waals surface area contributed by atoms with Crippen molar-refractivity contribution < 1.29 is 18.0 Å². The van der Waals surface area contributed by atoms with Gasteiger partial charge < -0.3 is 0 Å². The number of benzene rings is 2. The van der Waals surface area contributed by atoms with Crippen LogP contribution in [0.1, 0.15) is 27.0 Å². The highest BCUT2D eigenvalue weighted by molar-refractivity contribution is 6.35. The first-order valence-corrected chi connectivity index (χ1v) is 11.5. The summed E-state index contributed by atoms with van der Waals surface area (Å²) >= 11 is 6.27. The van der Waals surface area contributed by atoms with Gasteiger partial charge in [-0.3, -0.25) is 14.8 Å². The molecule has 0 bridgehead atoms. The number of ketones is 1. The summed E-state index contributed by atoms with van der Waals surface area (Å²) in [5.74, 6) is -0.349. The molecule has 3 aromatic heterocycles. The van der Waals surface area contributed by atoms with E-state index in [0.29, 0.717) is 27.4 Å². The molecule has 2 aromatic carbocycles. The molecule has 0 unspecified atom stereocenters. The van der Waals surface area contributed by atoms with E-state index in [4.69, 9.17) is 11.6 Å². The monoisotopic (exact) mass is 519 g/mol. The van der Waals surface area contributed by atoms with Crippen LogP contribution in [-0.2, 0) is 12.7 Å². The molecule has 0 aliphatic rings. The van der Waals surface area contributed by atoms with Crippen molar-refractivity contribution in [1.82, 2.24) is 25.0 Å². The number of alkyl halides is 3. The predicted molar refractivity (Wildman–Crippen MR) is 132 cm³/mol. The fourth-order valence-corrected chi connectivity index (χ4v) is 4.18. The van der Waals surface area contributed by atoms with Crippen molar-refractivity contribution in [3.05, 3.63) is 119 Å². The average molecular weight is 520 g/mol. The number of hydrogen-bond acceptors (Lipinski definition) is 5. The van der Waals surface area contributed by atoms with Crippen molar-refractivity contribution in [2.24, 2.45) is 0 Å². The van der Waals surface area contributed by atoms with Gasteiger partial charge in [-0.15, -0.1) is 5.10 Å². The van der Waals surface area contributed by atoms with E-state index in [0.717, 1.165) is 12.1 Å². The van der Waals surface area contributed by atoms with Gasteiger partial charge >= 0.3 is 6.18 Å². The van der Waals surface area contributed by atoms with E-state index in [2.05, 4.69) is 20.3 Å². The number of aromatic nitrogens is 5. The molecule has 5 rings (SSSR count). The molecule has 5 aromatic rings. The van der Waals surface area contributed by atoms with Gasteiger partial charge in [0.1, 0.15) is 17.1 Å². The largest absolute Gasteiger partial charge is 0.416 e. The highest BCUT2D eigenvalue weighted by Crippen LogP contribution is 2.34. The molecule has 0 spiro atoms. The predicted octanol–water partition coefficient (Wildman–Crippen LogP) is 6.35. The molecule has 3 heterocycles. The van der Waals surface area contributed by atoms with Crippen molar-refractivity contribution in [3.63, 3.8) is 0 Å². The van der Waals surface area contributed by atoms with Crippen LogP contribution in [0.2, 0.25) is 5.02 Å². The summed E-state index contributed by atoms with van der Waals surface area (Å²) in [6, 6.07) is 18.4. The van der Waals surface area contributed by atoms with Crippen molar-refractivity contribution in [1.29, 1.82) is 0 Å². The van der Waals surface area contributed by atoms with Crippen molar-refractivity contribution >= 4 is 17.4 Å². The van der Waals surface area contributed by atoms with Gasteiger partial charge in [0.25, 0.3) is 0 Å². The maximum absolute atomic E-state index is 13.4. The summed E-state index contributed by atoms with van der Waals surface area (Å²) < 4.78 is 41.3. The smallest absolute Gasteiger partial charge is 0.288 e. The number of pyridine rings is 2. The molecule has 10 heteroatoms. The minimum atomic E-state index is -4.47. The van der Waals surface area contributed by atoms with Crippen molar-refractivity contribution in [2.75, 3.05) is 0 Å². The van der Waals surface area contributed by atoms with Gasteiger partial charge in [-0.2, -0.15) is 13.2 Å². The zero-order valence-electron chi connectivity index (χ0n) is 19.0. The summed E-state index contributed by atoms with van der Waals surface area (Å²) in [6.45, 7) is 0.00176. The van der Waals surface area contributed by atoms with Gasteiger partial charge in [-0.25, -0.2) is 4.68 Å². The van der Waals surface area contributed by atoms with Gasteiger partial charge in [0, 0.05) is 29.7 Å². The third-order valence-corrected chi connectivity index (χ3v) is 5.98. The van der Waals surface area contributed by atoms with Gasteiger partial charge in [-0.1, -0.05) is 41.1 Å². The molecule has 184 valence electrons. The second-order valence-corrected chi connectivity index (χ2v) is 8.50. The molecule has 0 radical (unpaired) electrons.